The topological polar surface area (TPSA) is 78.7 Å². The number of hydrogen-bond acceptors (Lipinski definition) is 4. The van der Waals surface area contributed by atoms with E-state index in [9.17, 15) is 9.59 Å². The fourth-order valence-electron chi connectivity index (χ4n) is 3.25. The summed E-state index contributed by atoms with van der Waals surface area (Å²) >= 11 is 0. The SMILES string of the molecule is C=CCN1CCC2(CC1)NC(=O)N(CC(N)(CC)CC)C2=O. The van der Waals surface area contributed by atoms with Gasteiger partial charge in [0.2, 0.25) is 0 Å². The van der Waals surface area contributed by atoms with Gasteiger partial charge in [-0.2, -0.15) is 0 Å². The van der Waals surface area contributed by atoms with Crippen LogP contribution in [-0.4, -0.2) is 59.0 Å². The van der Waals surface area contributed by atoms with Crippen molar-refractivity contribution in [3.8, 4) is 0 Å². The van der Waals surface area contributed by atoms with Crippen molar-refractivity contribution in [2.75, 3.05) is 26.2 Å². The van der Waals surface area contributed by atoms with Crippen molar-refractivity contribution in [3.05, 3.63) is 12.7 Å². The molecule has 0 saturated carbocycles. The number of rotatable bonds is 6. The number of nitrogens with two attached hydrogens (primary N) is 1. The summed E-state index contributed by atoms with van der Waals surface area (Å²) in [4.78, 5) is 28.7. The standard InChI is InChI=1S/C16H28N4O2/c1-4-9-19-10-7-16(8-11-19)13(21)20(14(22)18-16)12-15(17,5-2)6-3/h4H,1,5-12,17H2,2-3H3,(H,18,22). The molecule has 0 radical (unpaired) electrons. The number of likely N-dealkylation sites (tertiary alicyclic amines) is 1. The van der Waals surface area contributed by atoms with Gasteiger partial charge < -0.3 is 11.1 Å². The van der Waals surface area contributed by atoms with Gasteiger partial charge in [-0.3, -0.25) is 14.6 Å². The second kappa shape index (κ2) is 6.38. The third-order valence-corrected chi connectivity index (χ3v) is 5.22. The van der Waals surface area contributed by atoms with Crippen LogP contribution in [0, 0.1) is 0 Å². The second-order valence-electron chi connectivity index (χ2n) is 6.56. The summed E-state index contributed by atoms with van der Waals surface area (Å²) in [6, 6.07) is -0.293. The van der Waals surface area contributed by atoms with E-state index in [4.69, 9.17) is 5.73 Å². The Kier molecular flexibility index (Phi) is 4.92. The van der Waals surface area contributed by atoms with Crippen LogP contribution in [0.5, 0.6) is 0 Å². The van der Waals surface area contributed by atoms with E-state index in [2.05, 4.69) is 16.8 Å². The van der Waals surface area contributed by atoms with Crippen molar-refractivity contribution in [1.82, 2.24) is 15.1 Å². The molecule has 0 aromatic carbocycles. The van der Waals surface area contributed by atoms with Crippen LogP contribution in [0.15, 0.2) is 12.7 Å². The van der Waals surface area contributed by atoms with Crippen molar-refractivity contribution in [1.29, 1.82) is 0 Å². The third kappa shape index (κ3) is 3.03. The van der Waals surface area contributed by atoms with Crippen molar-refractivity contribution in [3.63, 3.8) is 0 Å². The second-order valence-corrected chi connectivity index (χ2v) is 6.56. The number of piperidine rings is 1. The number of nitrogens with one attached hydrogen (secondary N) is 1. The number of carbonyl (C=O) groups excluding carboxylic acids is 2. The van der Waals surface area contributed by atoms with Crippen LogP contribution in [0.2, 0.25) is 0 Å². The first-order valence-electron chi connectivity index (χ1n) is 8.16. The van der Waals surface area contributed by atoms with Gasteiger partial charge >= 0.3 is 6.03 Å². The zero-order chi connectivity index (χ0) is 16.4. The molecule has 1 spiro atoms. The van der Waals surface area contributed by atoms with Crippen molar-refractivity contribution in [2.24, 2.45) is 5.73 Å². The monoisotopic (exact) mass is 308 g/mol. The maximum absolute atomic E-state index is 12.8. The van der Waals surface area contributed by atoms with Crippen LogP contribution in [0.25, 0.3) is 0 Å². The highest BCUT2D eigenvalue weighted by molar-refractivity contribution is 6.07. The van der Waals surface area contributed by atoms with Crippen molar-refractivity contribution in [2.45, 2.75) is 50.6 Å². The summed E-state index contributed by atoms with van der Waals surface area (Å²) in [5.41, 5.74) is 5.06. The molecule has 0 aliphatic carbocycles. The summed E-state index contributed by atoms with van der Waals surface area (Å²) in [6.07, 6.45) is 4.64. The van der Waals surface area contributed by atoms with Gasteiger partial charge in [0.25, 0.3) is 5.91 Å². The molecular weight excluding hydrogens is 280 g/mol. The zero-order valence-electron chi connectivity index (χ0n) is 13.7. The predicted octanol–water partition coefficient (Wildman–Crippen LogP) is 1.08. The molecule has 0 aromatic rings. The Morgan fingerprint density at radius 2 is 1.91 bits per heavy atom. The maximum atomic E-state index is 12.8. The molecule has 2 heterocycles. The van der Waals surface area contributed by atoms with E-state index in [1.807, 2.05) is 19.9 Å². The molecule has 124 valence electrons. The van der Waals surface area contributed by atoms with E-state index < -0.39 is 11.1 Å². The Morgan fingerprint density at radius 1 is 1.32 bits per heavy atom. The molecule has 3 amide bonds. The van der Waals surface area contributed by atoms with Gasteiger partial charge in [-0.05, 0) is 25.7 Å². The molecule has 0 unspecified atom stereocenters. The molecule has 22 heavy (non-hydrogen) atoms. The Labute approximate surface area is 132 Å². The van der Waals surface area contributed by atoms with Crippen LogP contribution in [0.4, 0.5) is 4.79 Å². The lowest BCUT2D eigenvalue weighted by atomic mass is 9.86. The van der Waals surface area contributed by atoms with Gasteiger partial charge in [0, 0.05) is 31.7 Å². The van der Waals surface area contributed by atoms with Gasteiger partial charge in [-0.25, -0.2) is 4.79 Å². The van der Waals surface area contributed by atoms with E-state index in [0.29, 0.717) is 19.4 Å². The van der Waals surface area contributed by atoms with E-state index in [1.54, 1.807) is 0 Å². The van der Waals surface area contributed by atoms with E-state index in [0.717, 1.165) is 32.5 Å². The Bertz CT molecular complexity index is 451. The minimum Gasteiger partial charge on any atom is -0.324 e. The summed E-state index contributed by atoms with van der Waals surface area (Å²) in [6.45, 7) is 10.4. The third-order valence-electron chi connectivity index (χ3n) is 5.22. The van der Waals surface area contributed by atoms with Crippen molar-refractivity contribution >= 4 is 11.9 Å². The first-order chi connectivity index (χ1) is 10.4. The van der Waals surface area contributed by atoms with E-state index >= 15 is 0 Å². The maximum Gasteiger partial charge on any atom is 0.325 e. The van der Waals surface area contributed by atoms with Crippen LogP contribution in [-0.2, 0) is 4.79 Å². The molecule has 3 N–H and O–H groups in total. The molecule has 2 aliphatic rings. The molecule has 0 atom stereocenters. The summed E-state index contributed by atoms with van der Waals surface area (Å²) < 4.78 is 0. The van der Waals surface area contributed by atoms with Crippen LogP contribution in [0.1, 0.15) is 39.5 Å². The number of amides is 3. The highest BCUT2D eigenvalue weighted by atomic mass is 16.2. The summed E-state index contributed by atoms with van der Waals surface area (Å²) in [7, 11) is 0. The quantitative estimate of drug-likeness (QED) is 0.568. The normalized spacial score (nSPS) is 22.2. The highest BCUT2D eigenvalue weighted by Crippen LogP contribution is 2.30. The molecule has 6 heteroatoms. The smallest absolute Gasteiger partial charge is 0.324 e. The highest BCUT2D eigenvalue weighted by Gasteiger charge is 2.53. The minimum absolute atomic E-state index is 0.104. The van der Waals surface area contributed by atoms with E-state index in [-0.39, 0.29) is 11.9 Å². The Hall–Kier alpha value is -1.40. The number of imide groups is 1. The molecule has 2 rings (SSSR count). The molecule has 2 fully saturated rings. The van der Waals surface area contributed by atoms with Crippen LogP contribution < -0.4 is 11.1 Å². The van der Waals surface area contributed by atoms with Gasteiger partial charge in [0.05, 0.1) is 0 Å². The average molecular weight is 308 g/mol. The summed E-state index contributed by atoms with van der Waals surface area (Å²) in [5.74, 6) is -0.104. The van der Waals surface area contributed by atoms with Gasteiger partial charge in [0.15, 0.2) is 0 Å². The lowest BCUT2D eigenvalue weighted by molar-refractivity contribution is -0.133. The van der Waals surface area contributed by atoms with Gasteiger partial charge in [-0.15, -0.1) is 6.58 Å². The Balaban J connectivity index is 2.08. The summed E-state index contributed by atoms with van der Waals surface area (Å²) in [5, 5.41) is 2.93. The van der Waals surface area contributed by atoms with E-state index in [1.165, 1.54) is 4.90 Å². The fraction of sp³-hybridized carbons (Fsp3) is 0.750. The van der Waals surface area contributed by atoms with Crippen molar-refractivity contribution < 1.29 is 9.59 Å². The number of urea groups is 1. The van der Waals surface area contributed by atoms with Gasteiger partial charge in [0.1, 0.15) is 5.54 Å². The average Bonchev–Trinajstić information content (AvgIpc) is 2.74. The van der Waals surface area contributed by atoms with Crippen LogP contribution in [0.3, 0.4) is 0 Å². The minimum atomic E-state index is -0.725. The first kappa shape index (κ1) is 17.0. The predicted molar refractivity (Wildman–Crippen MR) is 86.3 cm³/mol. The first-order valence-corrected chi connectivity index (χ1v) is 8.16. The zero-order valence-corrected chi connectivity index (χ0v) is 13.7. The largest absolute Gasteiger partial charge is 0.325 e. The number of carbonyl (C=O) groups is 2. The lowest BCUT2D eigenvalue weighted by Gasteiger charge is -2.37. The molecule has 2 aliphatic heterocycles. The molecule has 2 saturated heterocycles. The number of hydrogen-bond donors (Lipinski definition) is 2. The Morgan fingerprint density at radius 3 is 2.41 bits per heavy atom. The molecular formula is C16H28N4O2. The molecule has 0 aromatic heterocycles. The van der Waals surface area contributed by atoms with Crippen LogP contribution >= 0.6 is 0 Å². The lowest BCUT2D eigenvalue weighted by Crippen LogP contribution is -2.56. The fourth-order valence-corrected chi connectivity index (χ4v) is 3.25. The molecule has 0 bridgehead atoms. The van der Waals surface area contributed by atoms with Gasteiger partial charge in [-0.1, -0.05) is 19.9 Å². The molecule has 6 nitrogen and oxygen atoms in total. The number of nitrogens with zero attached hydrogens (tertiary/aromatic N) is 2.